The average molecular weight is 246 g/mol. The van der Waals surface area contributed by atoms with Crippen LogP contribution in [-0.2, 0) is 6.54 Å². The van der Waals surface area contributed by atoms with Crippen LogP contribution in [0.25, 0.3) is 0 Å². The van der Waals surface area contributed by atoms with Crippen LogP contribution in [0, 0.1) is 5.92 Å². The molecule has 0 radical (unpaired) electrons. The average Bonchev–Trinajstić information content (AvgIpc) is 2.79. The van der Waals surface area contributed by atoms with Gasteiger partial charge >= 0.3 is 6.09 Å². The predicted molar refractivity (Wildman–Crippen MR) is 68.3 cm³/mol. The summed E-state index contributed by atoms with van der Waals surface area (Å²) in [5.74, 6) is 0.450. The number of rotatable bonds is 1. The fourth-order valence-corrected chi connectivity index (χ4v) is 3.27. The van der Waals surface area contributed by atoms with Gasteiger partial charge in [0.15, 0.2) is 0 Å². The first-order valence-electron chi connectivity index (χ1n) is 6.55. The van der Waals surface area contributed by atoms with Crippen molar-refractivity contribution in [2.75, 3.05) is 13.1 Å². The van der Waals surface area contributed by atoms with Gasteiger partial charge in [-0.1, -0.05) is 24.3 Å². The maximum Gasteiger partial charge on any atom is 0.408 e. The zero-order valence-electron chi connectivity index (χ0n) is 10.3. The van der Waals surface area contributed by atoms with E-state index in [2.05, 4.69) is 11.4 Å². The molecule has 1 unspecified atom stereocenters. The van der Waals surface area contributed by atoms with Gasteiger partial charge in [0.2, 0.25) is 0 Å². The second-order valence-corrected chi connectivity index (χ2v) is 5.14. The lowest BCUT2D eigenvalue weighted by Crippen LogP contribution is -2.37. The minimum absolute atomic E-state index is 0.0563. The summed E-state index contributed by atoms with van der Waals surface area (Å²) in [6.45, 7) is 2.54. The number of piperidine rings is 1. The molecule has 1 amide bonds. The molecule has 96 valence electrons. The Morgan fingerprint density at radius 2 is 2.00 bits per heavy atom. The normalized spacial score (nSPS) is 24.0. The molecule has 1 aromatic rings. The lowest BCUT2D eigenvalue weighted by Gasteiger charge is -2.33. The molecule has 1 aromatic carbocycles. The van der Waals surface area contributed by atoms with E-state index < -0.39 is 6.09 Å². The Balaban J connectivity index is 1.94. The highest BCUT2D eigenvalue weighted by atomic mass is 16.4. The highest BCUT2D eigenvalue weighted by molar-refractivity contribution is 5.67. The summed E-state index contributed by atoms with van der Waals surface area (Å²) < 4.78 is 0. The number of hydrogen-bond acceptors (Lipinski definition) is 2. The number of benzene rings is 1. The summed E-state index contributed by atoms with van der Waals surface area (Å²) in [5.41, 5.74) is 2.38. The zero-order valence-corrected chi connectivity index (χ0v) is 10.3. The van der Waals surface area contributed by atoms with Crippen LogP contribution in [0.4, 0.5) is 4.79 Å². The molecule has 3 rings (SSSR count). The van der Waals surface area contributed by atoms with Crippen molar-refractivity contribution >= 4 is 6.09 Å². The monoisotopic (exact) mass is 246 g/mol. The molecular formula is C14H18N2O2. The molecule has 2 N–H and O–H groups in total. The molecule has 2 aliphatic heterocycles. The summed E-state index contributed by atoms with van der Waals surface area (Å²) >= 11 is 0. The molecule has 1 fully saturated rings. The summed E-state index contributed by atoms with van der Waals surface area (Å²) in [7, 11) is 0. The van der Waals surface area contributed by atoms with Crippen LogP contribution in [0.5, 0.6) is 0 Å². The van der Waals surface area contributed by atoms with Gasteiger partial charge in [0.25, 0.3) is 0 Å². The van der Waals surface area contributed by atoms with E-state index in [1.165, 1.54) is 11.1 Å². The second-order valence-electron chi connectivity index (χ2n) is 5.14. The van der Waals surface area contributed by atoms with Crippen LogP contribution < -0.4 is 5.32 Å². The minimum atomic E-state index is -0.797. The van der Waals surface area contributed by atoms with E-state index >= 15 is 0 Å². The second kappa shape index (κ2) is 4.61. The third-order valence-corrected chi connectivity index (χ3v) is 4.13. The summed E-state index contributed by atoms with van der Waals surface area (Å²) in [4.78, 5) is 13.0. The van der Waals surface area contributed by atoms with Gasteiger partial charge in [0, 0.05) is 6.54 Å². The maximum atomic E-state index is 11.4. The maximum absolute atomic E-state index is 11.4. The number of amides is 1. The molecular weight excluding hydrogens is 228 g/mol. The van der Waals surface area contributed by atoms with E-state index in [1.807, 2.05) is 18.2 Å². The summed E-state index contributed by atoms with van der Waals surface area (Å²) in [6, 6.07) is 8.19. The summed E-state index contributed by atoms with van der Waals surface area (Å²) in [5, 5.41) is 12.7. The van der Waals surface area contributed by atoms with E-state index in [-0.39, 0.29) is 6.04 Å². The van der Waals surface area contributed by atoms with Gasteiger partial charge in [-0.25, -0.2) is 4.79 Å². The zero-order chi connectivity index (χ0) is 12.5. The van der Waals surface area contributed by atoms with E-state index in [9.17, 15) is 9.90 Å². The molecule has 4 heteroatoms. The molecule has 0 bridgehead atoms. The van der Waals surface area contributed by atoms with Crippen molar-refractivity contribution in [1.29, 1.82) is 0 Å². The molecule has 4 nitrogen and oxygen atoms in total. The van der Waals surface area contributed by atoms with E-state index in [4.69, 9.17) is 0 Å². The van der Waals surface area contributed by atoms with Crippen molar-refractivity contribution in [2.24, 2.45) is 5.92 Å². The van der Waals surface area contributed by atoms with Gasteiger partial charge in [-0.15, -0.1) is 0 Å². The first-order chi connectivity index (χ1) is 8.77. The topological polar surface area (TPSA) is 52.6 Å². The first-order valence-corrected chi connectivity index (χ1v) is 6.55. The molecule has 0 spiro atoms. The van der Waals surface area contributed by atoms with Crippen LogP contribution in [0.1, 0.15) is 30.0 Å². The molecule has 0 aromatic heterocycles. The Bertz CT molecular complexity index is 455. The van der Waals surface area contributed by atoms with Crippen LogP contribution in [0.3, 0.4) is 0 Å². The SMILES string of the molecule is O=C(O)N1Cc2ccccc2C1C1CCNCC1. The van der Waals surface area contributed by atoms with Gasteiger partial charge in [0.05, 0.1) is 6.04 Å². The Hall–Kier alpha value is -1.55. The number of fused-ring (bicyclic) bond motifs is 1. The highest BCUT2D eigenvalue weighted by Gasteiger charge is 2.38. The van der Waals surface area contributed by atoms with Crippen molar-refractivity contribution in [2.45, 2.75) is 25.4 Å². The van der Waals surface area contributed by atoms with Gasteiger partial charge in [-0.05, 0) is 43.0 Å². The Kier molecular flexibility index (Phi) is 2.96. The smallest absolute Gasteiger partial charge is 0.408 e. The molecule has 0 saturated carbocycles. The third-order valence-electron chi connectivity index (χ3n) is 4.13. The van der Waals surface area contributed by atoms with Gasteiger partial charge < -0.3 is 10.4 Å². The van der Waals surface area contributed by atoms with E-state index in [1.54, 1.807) is 4.90 Å². The van der Waals surface area contributed by atoms with Crippen LogP contribution in [-0.4, -0.2) is 29.2 Å². The standard InChI is InChI=1S/C14H18N2O2/c17-14(18)16-9-11-3-1-2-4-12(11)13(16)10-5-7-15-8-6-10/h1-4,10,13,15H,5-9H2,(H,17,18). The highest BCUT2D eigenvalue weighted by Crippen LogP contribution is 2.41. The lowest BCUT2D eigenvalue weighted by atomic mass is 9.86. The van der Waals surface area contributed by atoms with Crippen molar-refractivity contribution in [3.05, 3.63) is 35.4 Å². The number of hydrogen-bond donors (Lipinski definition) is 2. The first kappa shape index (κ1) is 11.5. The Morgan fingerprint density at radius 3 is 2.72 bits per heavy atom. The fraction of sp³-hybridized carbons (Fsp3) is 0.500. The lowest BCUT2D eigenvalue weighted by molar-refractivity contribution is 0.102. The Labute approximate surface area is 107 Å². The number of carboxylic acid groups (broad SMARTS) is 1. The number of carbonyl (C=O) groups is 1. The molecule has 1 saturated heterocycles. The van der Waals surface area contributed by atoms with Gasteiger partial charge in [0.1, 0.15) is 0 Å². The van der Waals surface area contributed by atoms with E-state index in [0.717, 1.165) is 25.9 Å². The van der Waals surface area contributed by atoms with Crippen molar-refractivity contribution in [3.63, 3.8) is 0 Å². The van der Waals surface area contributed by atoms with Crippen molar-refractivity contribution in [3.8, 4) is 0 Å². The fourth-order valence-electron chi connectivity index (χ4n) is 3.27. The largest absolute Gasteiger partial charge is 0.465 e. The minimum Gasteiger partial charge on any atom is -0.465 e. The van der Waals surface area contributed by atoms with Crippen molar-refractivity contribution in [1.82, 2.24) is 10.2 Å². The van der Waals surface area contributed by atoms with Crippen molar-refractivity contribution < 1.29 is 9.90 Å². The molecule has 0 aliphatic carbocycles. The summed E-state index contributed by atoms with van der Waals surface area (Å²) in [6.07, 6.45) is 1.32. The number of nitrogens with zero attached hydrogens (tertiary/aromatic N) is 1. The molecule has 1 atom stereocenters. The number of nitrogens with one attached hydrogen (secondary N) is 1. The van der Waals surface area contributed by atoms with E-state index in [0.29, 0.717) is 12.5 Å². The predicted octanol–water partition coefficient (Wildman–Crippen LogP) is 2.22. The Morgan fingerprint density at radius 1 is 1.28 bits per heavy atom. The van der Waals surface area contributed by atoms with Crippen LogP contribution >= 0.6 is 0 Å². The van der Waals surface area contributed by atoms with Gasteiger partial charge in [-0.2, -0.15) is 0 Å². The third kappa shape index (κ3) is 1.86. The molecule has 2 aliphatic rings. The molecule has 18 heavy (non-hydrogen) atoms. The quantitative estimate of drug-likeness (QED) is 0.799. The molecule has 2 heterocycles. The van der Waals surface area contributed by atoms with Crippen LogP contribution in [0.2, 0.25) is 0 Å². The van der Waals surface area contributed by atoms with Gasteiger partial charge in [-0.3, -0.25) is 4.90 Å². The van der Waals surface area contributed by atoms with Crippen LogP contribution in [0.15, 0.2) is 24.3 Å².